The van der Waals surface area contributed by atoms with E-state index in [0.717, 1.165) is 5.56 Å². The zero-order valence-corrected chi connectivity index (χ0v) is 11.7. The molecule has 1 aliphatic rings. The lowest BCUT2D eigenvalue weighted by atomic mass is 10.1. The highest BCUT2D eigenvalue weighted by Crippen LogP contribution is 2.22. The van der Waals surface area contributed by atoms with Gasteiger partial charge in [-0.15, -0.1) is 0 Å². The second kappa shape index (κ2) is 6.37. The van der Waals surface area contributed by atoms with Gasteiger partial charge >= 0.3 is 5.97 Å². The molecular formula is C15H16N2O4. The fourth-order valence-electron chi connectivity index (χ4n) is 2.34. The van der Waals surface area contributed by atoms with E-state index in [4.69, 9.17) is 15.1 Å². The molecule has 21 heavy (non-hydrogen) atoms. The number of carbonyl (C=O) groups excluding carboxylic acids is 1. The average Bonchev–Trinajstić information content (AvgIpc) is 2.96. The number of amides is 1. The molecule has 1 amide bonds. The molecule has 2 atom stereocenters. The Bertz CT molecular complexity index is 594. The molecule has 0 saturated carbocycles. The van der Waals surface area contributed by atoms with E-state index in [1.54, 1.807) is 25.2 Å². The topological polar surface area (TPSA) is 90.6 Å². The van der Waals surface area contributed by atoms with Gasteiger partial charge in [0.05, 0.1) is 11.6 Å². The molecule has 0 aliphatic carbocycles. The molecular weight excluding hydrogens is 272 g/mol. The SMILES string of the molecule is CN(Cc1cccc(C#N)c1)C(=O)[C@@H]1CC[C@H](C(=O)O)O1. The quantitative estimate of drug-likeness (QED) is 0.897. The number of ether oxygens (including phenoxy) is 1. The van der Waals surface area contributed by atoms with Gasteiger partial charge in [0.1, 0.15) is 6.10 Å². The van der Waals surface area contributed by atoms with Crippen LogP contribution in [0.15, 0.2) is 24.3 Å². The average molecular weight is 288 g/mol. The first kappa shape index (κ1) is 15.0. The van der Waals surface area contributed by atoms with E-state index in [1.807, 2.05) is 12.1 Å². The summed E-state index contributed by atoms with van der Waals surface area (Å²) in [5, 5.41) is 17.7. The van der Waals surface area contributed by atoms with Crippen molar-refractivity contribution in [3.8, 4) is 6.07 Å². The van der Waals surface area contributed by atoms with Crippen LogP contribution in [0.5, 0.6) is 0 Å². The zero-order chi connectivity index (χ0) is 15.4. The number of hydrogen-bond acceptors (Lipinski definition) is 4. The van der Waals surface area contributed by atoms with Crippen LogP contribution in [0.2, 0.25) is 0 Å². The second-order valence-corrected chi connectivity index (χ2v) is 5.04. The number of aliphatic carboxylic acids is 1. The third kappa shape index (κ3) is 3.58. The minimum absolute atomic E-state index is 0.235. The van der Waals surface area contributed by atoms with Crippen LogP contribution in [0, 0.1) is 11.3 Å². The van der Waals surface area contributed by atoms with E-state index in [-0.39, 0.29) is 5.91 Å². The van der Waals surface area contributed by atoms with Gasteiger partial charge in [-0.2, -0.15) is 5.26 Å². The van der Waals surface area contributed by atoms with Gasteiger partial charge in [-0.3, -0.25) is 4.79 Å². The molecule has 1 saturated heterocycles. The third-order valence-electron chi connectivity index (χ3n) is 3.42. The van der Waals surface area contributed by atoms with Gasteiger partial charge in [0.2, 0.25) is 0 Å². The van der Waals surface area contributed by atoms with Crippen LogP contribution in [0.1, 0.15) is 24.0 Å². The third-order valence-corrected chi connectivity index (χ3v) is 3.42. The molecule has 0 spiro atoms. The Balaban J connectivity index is 1.97. The summed E-state index contributed by atoms with van der Waals surface area (Å²) in [7, 11) is 1.64. The summed E-state index contributed by atoms with van der Waals surface area (Å²) in [4.78, 5) is 24.5. The maximum absolute atomic E-state index is 12.2. The Morgan fingerprint density at radius 1 is 1.43 bits per heavy atom. The van der Waals surface area contributed by atoms with E-state index in [1.165, 1.54) is 4.90 Å². The van der Waals surface area contributed by atoms with Gasteiger partial charge in [-0.25, -0.2) is 4.79 Å². The summed E-state index contributed by atoms with van der Waals surface area (Å²) in [6.07, 6.45) is -0.827. The molecule has 0 radical (unpaired) electrons. The number of nitrogens with zero attached hydrogens (tertiary/aromatic N) is 2. The number of carboxylic acids is 1. The molecule has 1 heterocycles. The van der Waals surface area contributed by atoms with Gasteiger partial charge < -0.3 is 14.7 Å². The van der Waals surface area contributed by atoms with Crippen LogP contribution in [0.3, 0.4) is 0 Å². The molecule has 6 nitrogen and oxygen atoms in total. The predicted molar refractivity (Wildman–Crippen MR) is 73.2 cm³/mol. The van der Waals surface area contributed by atoms with Crippen LogP contribution in [0.4, 0.5) is 0 Å². The highest BCUT2D eigenvalue weighted by Gasteiger charge is 2.35. The largest absolute Gasteiger partial charge is 0.479 e. The van der Waals surface area contributed by atoms with Gasteiger partial charge in [0.15, 0.2) is 6.10 Å². The molecule has 1 aromatic rings. The Kier molecular flexibility index (Phi) is 4.55. The molecule has 1 fully saturated rings. The lowest BCUT2D eigenvalue weighted by Crippen LogP contribution is -2.36. The van der Waals surface area contributed by atoms with Crippen LogP contribution < -0.4 is 0 Å². The monoisotopic (exact) mass is 288 g/mol. The minimum atomic E-state index is -1.03. The molecule has 0 bridgehead atoms. The highest BCUT2D eigenvalue weighted by molar-refractivity contribution is 5.82. The Morgan fingerprint density at radius 2 is 2.14 bits per heavy atom. The van der Waals surface area contributed by atoms with Crippen molar-refractivity contribution in [3.05, 3.63) is 35.4 Å². The van der Waals surface area contributed by atoms with Crippen molar-refractivity contribution in [2.75, 3.05) is 7.05 Å². The number of hydrogen-bond donors (Lipinski definition) is 1. The second-order valence-electron chi connectivity index (χ2n) is 5.04. The number of nitriles is 1. The summed E-state index contributed by atoms with van der Waals surface area (Å²) >= 11 is 0. The summed E-state index contributed by atoms with van der Waals surface area (Å²) < 4.78 is 5.25. The van der Waals surface area contributed by atoms with E-state index in [2.05, 4.69) is 0 Å². The minimum Gasteiger partial charge on any atom is -0.479 e. The normalized spacial score (nSPS) is 20.8. The Labute approximate surface area is 122 Å². The molecule has 0 unspecified atom stereocenters. The van der Waals surface area contributed by atoms with Crippen molar-refractivity contribution in [1.82, 2.24) is 4.90 Å². The number of benzene rings is 1. The van der Waals surface area contributed by atoms with Crippen molar-refractivity contribution in [2.45, 2.75) is 31.6 Å². The van der Waals surface area contributed by atoms with Gasteiger partial charge in [-0.1, -0.05) is 12.1 Å². The fraction of sp³-hybridized carbons (Fsp3) is 0.400. The van der Waals surface area contributed by atoms with Crippen molar-refractivity contribution < 1.29 is 19.4 Å². The van der Waals surface area contributed by atoms with Crippen LogP contribution in [-0.4, -0.2) is 41.1 Å². The van der Waals surface area contributed by atoms with Crippen LogP contribution in [-0.2, 0) is 20.9 Å². The maximum atomic E-state index is 12.2. The molecule has 1 N–H and O–H groups in total. The molecule has 1 aliphatic heterocycles. The summed E-state index contributed by atoms with van der Waals surface area (Å²) in [5.41, 5.74) is 1.38. The molecule has 110 valence electrons. The smallest absolute Gasteiger partial charge is 0.332 e. The number of carboxylic acid groups (broad SMARTS) is 1. The van der Waals surface area contributed by atoms with Gasteiger partial charge in [0.25, 0.3) is 5.91 Å². The van der Waals surface area contributed by atoms with Crippen molar-refractivity contribution in [3.63, 3.8) is 0 Å². The van der Waals surface area contributed by atoms with Crippen molar-refractivity contribution in [1.29, 1.82) is 5.26 Å². The van der Waals surface area contributed by atoms with E-state index < -0.39 is 18.2 Å². The predicted octanol–water partition coefficient (Wildman–Crippen LogP) is 1.15. The Morgan fingerprint density at radius 3 is 2.76 bits per heavy atom. The summed E-state index contributed by atoms with van der Waals surface area (Å²) in [6.45, 7) is 0.353. The fourth-order valence-corrected chi connectivity index (χ4v) is 2.34. The first-order valence-corrected chi connectivity index (χ1v) is 6.63. The lowest BCUT2D eigenvalue weighted by molar-refractivity contribution is -0.154. The molecule has 0 aromatic heterocycles. The maximum Gasteiger partial charge on any atom is 0.332 e. The molecule has 1 aromatic carbocycles. The van der Waals surface area contributed by atoms with E-state index in [0.29, 0.717) is 24.9 Å². The number of carbonyl (C=O) groups is 2. The summed E-state index contributed by atoms with van der Waals surface area (Å²) in [5.74, 6) is -1.27. The number of likely N-dealkylation sites (N-methyl/N-ethyl adjacent to an activating group) is 1. The number of rotatable bonds is 4. The first-order chi connectivity index (χ1) is 10.0. The first-order valence-electron chi connectivity index (χ1n) is 6.63. The standard InChI is InChI=1S/C15H16N2O4/c1-17(9-11-4-2-3-10(7-11)8-16)14(18)12-5-6-13(21-12)15(19)20/h2-4,7,12-13H,5-6,9H2,1H3,(H,19,20)/t12-,13+/m0/s1. The lowest BCUT2D eigenvalue weighted by Gasteiger charge is -2.21. The van der Waals surface area contributed by atoms with Crippen molar-refractivity contribution in [2.24, 2.45) is 0 Å². The van der Waals surface area contributed by atoms with E-state index >= 15 is 0 Å². The Hall–Kier alpha value is -2.39. The molecule has 6 heteroatoms. The molecule has 2 rings (SSSR count). The van der Waals surface area contributed by atoms with Crippen molar-refractivity contribution >= 4 is 11.9 Å². The van der Waals surface area contributed by atoms with Gasteiger partial charge in [0, 0.05) is 13.6 Å². The van der Waals surface area contributed by atoms with Crippen LogP contribution >= 0.6 is 0 Å². The van der Waals surface area contributed by atoms with E-state index in [9.17, 15) is 9.59 Å². The van der Waals surface area contributed by atoms with Crippen LogP contribution in [0.25, 0.3) is 0 Å². The van der Waals surface area contributed by atoms with Gasteiger partial charge in [-0.05, 0) is 30.5 Å². The highest BCUT2D eigenvalue weighted by atomic mass is 16.5. The zero-order valence-electron chi connectivity index (χ0n) is 11.7. The summed E-state index contributed by atoms with van der Waals surface area (Å²) in [6, 6.07) is 9.06.